The summed E-state index contributed by atoms with van der Waals surface area (Å²) in [6.07, 6.45) is 2.12. The number of carbonyl (C=O) groups is 1. The van der Waals surface area contributed by atoms with Crippen molar-refractivity contribution in [2.45, 2.75) is 19.3 Å². The Kier molecular flexibility index (Phi) is 4.14. The zero-order chi connectivity index (χ0) is 15.5. The molecule has 22 heavy (non-hydrogen) atoms. The first-order valence-electron chi connectivity index (χ1n) is 7.51. The summed E-state index contributed by atoms with van der Waals surface area (Å²) in [5.74, 6) is 1.80. The zero-order valence-corrected chi connectivity index (χ0v) is 13.0. The van der Waals surface area contributed by atoms with Crippen molar-refractivity contribution >= 4 is 5.78 Å². The van der Waals surface area contributed by atoms with Gasteiger partial charge in [-0.1, -0.05) is 30.3 Å². The molecule has 1 aliphatic rings. The van der Waals surface area contributed by atoms with E-state index in [9.17, 15) is 4.79 Å². The first-order valence-corrected chi connectivity index (χ1v) is 7.51. The zero-order valence-electron chi connectivity index (χ0n) is 13.0. The van der Waals surface area contributed by atoms with Crippen LogP contribution < -0.4 is 9.47 Å². The second-order valence-electron chi connectivity index (χ2n) is 5.71. The van der Waals surface area contributed by atoms with Crippen molar-refractivity contribution in [1.29, 1.82) is 0 Å². The predicted octanol–water partition coefficient (Wildman–Crippen LogP) is 3.23. The van der Waals surface area contributed by atoms with Gasteiger partial charge >= 0.3 is 0 Å². The summed E-state index contributed by atoms with van der Waals surface area (Å²) in [5.41, 5.74) is 3.58. The molecule has 2 aromatic rings. The first kappa shape index (κ1) is 14.6. The summed E-state index contributed by atoms with van der Waals surface area (Å²) < 4.78 is 10.6. The lowest BCUT2D eigenvalue weighted by atomic mass is 9.80. The highest BCUT2D eigenvalue weighted by molar-refractivity contribution is 5.85. The first-order chi connectivity index (χ1) is 10.7. The minimum absolute atomic E-state index is 0.0491. The smallest absolute Gasteiger partial charge is 0.160 e. The van der Waals surface area contributed by atoms with Gasteiger partial charge < -0.3 is 9.47 Å². The molecule has 3 nitrogen and oxygen atoms in total. The van der Waals surface area contributed by atoms with Crippen molar-refractivity contribution in [2.24, 2.45) is 5.92 Å². The Hall–Kier alpha value is -2.29. The molecule has 0 saturated heterocycles. The monoisotopic (exact) mass is 296 g/mol. The van der Waals surface area contributed by atoms with Crippen LogP contribution in [0.1, 0.15) is 16.7 Å². The summed E-state index contributed by atoms with van der Waals surface area (Å²) in [6, 6.07) is 14.1. The summed E-state index contributed by atoms with van der Waals surface area (Å²) in [6.45, 7) is 0. The molecule has 3 heteroatoms. The molecular weight excluding hydrogens is 276 g/mol. The van der Waals surface area contributed by atoms with Crippen LogP contribution in [0.4, 0.5) is 0 Å². The lowest BCUT2D eigenvalue weighted by molar-refractivity contribution is -0.122. The molecule has 3 rings (SSSR count). The summed E-state index contributed by atoms with van der Waals surface area (Å²) >= 11 is 0. The second-order valence-corrected chi connectivity index (χ2v) is 5.71. The maximum atomic E-state index is 12.4. The van der Waals surface area contributed by atoms with Crippen LogP contribution in [-0.2, 0) is 24.1 Å². The van der Waals surface area contributed by atoms with Crippen LogP contribution in [0.2, 0.25) is 0 Å². The molecule has 0 heterocycles. The molecule has 0 aliphatic heterocycles. The fraction of sp³-hybridized carbons (Fsp3) is 0.316. The number of rotatable bonds is 4. The van der Waals surface area contributed by atoms with Crippen molar-refractivity contribution in [3.8, 4) is 11.5 Å². The van der Waals surface area contributed by atoms with Crippen LogP contribution in [-0.4, -0.2) is 20.0 Å². The molecule has 1 unspecified atom stereocenters. The maximum absolute atomic E-state index is 12.4. The minimum atomic E-state index is 0.0491. The number of hydrogen-bond acceptors (Lipinski definition) is 3. The standard InChI is InChI=1S/C19H20O3/c1-21-18-8-7-13(10-19(18)22-2)9-16-11-14-5-3-4-6-15(14)12-17(16)20/h3-8,10,16H,9,11-12H2,1-2H3. The molecule has 0 spiro atoms. The van der Waals surface area contributed by atoms with Gasteiger partial charge in [0.1, 0.15) is 5.78 Å². The SMILES string of the molecule is COc1ccc(CC2Cc3ccccc3CC2=O)cc1OC. The number of Topliss-reactive ketones (excluding diaryl/α,β-unsaturated/α-hetero) is 1. The van der Waals surface area contributed by atoms with Crippen LogP contribution in [0, 0.1) is 5.92 Å². The normalized spacial score (nSPS) is 17.0. The summed E-state index contributed by atoms with van der Waals surface area (Å²) in [5, 5.41) is 0. The van der Waals surface area contributed by atoms with Crippen molar-refractivity contribution in [3.63, 3.8) is 0 Å². The predicted molar refractivity (Wildman–Crippen MR) is 85.6 cm³/mol. The van der Waals surface area contributed by atoms with Crippen molar-refractivity contribution in [3.05, 3.63) is 59.2 Å². The van der Waals surface area contributed by atoms with Gasteiger partial charge in [-0.15, -0.1) is 0 Å². The molecule has 0 saturated carbocycles. The third-order valence-corrected chi connectivity index (χ3v) is 4.33. The van der Waals surface area contributed by atoms with E-state index in [-0.39, 0.29) is 5.92 Å². The van der Waals surface area contributed by atoms with Crippen LogP contribution in [0.5, 0.6) is 11.5 Å². The summed E-state index contributed by atoms with van der Waals surface area (Å²) in [7, 11) is 3.25. The Balaban J connectivity index is 1.80. The molecule has 114 valence electrons. The lowest BCUT2D eigenvalue weighted by Gasteiger charge is -2.23. The van der Waals surface area contributed by atoms with Gasteiger partial charge in [-0.3, -0.25) is 4.79 Å². The fourth-order valence-electron chi connectivity index (χ4n) is 3.12. The van der Waals surface area contributed by atoms with Crippen molar-refractivity contribution in [1.82, 2.24) is 0 Å². The van der Waals surface area contributed by atoms with Gasteiger partial charge in [0.15, 0.2) is 11.5 Å². The number of methoxy groups -OCH3 is 2. The molecule has 1 atom stereocenters. The molecule has 0 fully saturated rings. The van der Waals surface area contributed by atoms with Gasteiger partial charge in [-0.05, 0) is 41.7 Å². The highest BCUT2D eigenvalue weighted by atomic mass is 16.5. The molecule has 1 aliphatic carbocycles. The highest BCUT2D eigenvalue weighted by Gasteiger charge is 2.26. The van der Waals surface area contributed by atoms with Gasteiger partial charge in [0.2, 0.25) is 0 Å². The number of ether oxygens (including phenoxy) is 2. The molecule has 0 amide bonds. The quantitative estimate of drug-likeness (QED) is 0.869. The van der Waals surface area contributed by atoms with Crippen molar-refractivity contribution < 1.29 is 14.3 Å². The average molecular weight is 296 g/mol. The van der Waals surface area contributed by atoms with Gasteiger partial charge in [0.05, 0.1) is 14.2 Å². The van der Waals surface area contributed by atoms with Gasteiger partial charge in [-0.25, -0.2) is 0 Å². The second kappa shape index (κ2) is 6.22. The Morgan fingerprint density at radius 1 is 1.00 bits per heavy atom. The Bertz CT molecular complexity index is 691. The molecule has 0 bridgehead atoms. The number of ketones is 1. The van der Waals surface area contributed by atoms with Crippen LogP contribution >= 0.6 is 0 Å². The molecule has 0 N–H and O–H groups in total. The Labute approximate surface area is 130 Å². The number of carbonyl (C=O) groups excluding carboxylic acids is 1. The van der Waals surface area contributed by atoms with E-state index < -0.39 is 0 Å². The molecule has 2 aromatic carbocycles. The van der Waals surface area contributed by atoms with E-state index >= 15 is 0 Å². The van der Waals surface area contributed by atoms with E-state index in [1.54, 1.807) is 14.2 Å². The third-order valence-electron chi connectivity index (χ3n) is 4.33. The van der Waals surface area contributed by atoms with E-state index in [0.717, 1.165) is 18.4 Å². The van der Waals surface area contributed by atoms with Gasteiger partial charge in [0, 0.05) is 12.3 Å². The largest absolute Gasteiger partial charge is 0.493 e. The highest BCUT2D eigenvalue weighted by Crippen LogP contribution is 2.30. The van der Waals surface area contributed by atoms with Crippen LogP contribution in [0.15, 0.2) is 42.5 Å². The maximum Gasteiger partial charge on any atom is 0.160 e. The number of benzene rings is 2. The van der Waals surface area contributed by atoms with Crippen molar-refractivity contribution in [2.75, 3.05) is 14.2 Å². The van der Waals surface area contributed by atoms with Gasteiger partial charge in [-0.2, -0.15) is 0 Å². The third kappa shape index (κ3) is 2.84. The van der Waals surface area contributed by atoms with E-state index in [0.29, 0.717) is 23.7 Å². The fourth-order valence-corrected chi connectivity index (χ4v) is 3.12. The van der Waals surface area contributed by atoms with E-state index in [1.165, 1.54) is 11.1 Å². The Morgan fingerprint density at radius 2 is 1.73 bits per heavy atom. The summed E-state index contributed by atoms with van der Waals surface area (Å²) in [4.78, 5) is 12.4. The molecular formula is C19H20O3. The van der Waals surface area contributed by atoms with Gasteiger partial charge in [0.25, 0.3) is 0 Å². The number of hydrogen-bond donors (Lipinski definition) is 0. The molecule has 0 radical (unpaired) electrons. The van der Waals surface area contributed by atoms with E-state index in [1.807, 2.05) is 30.3 Å². The molecule has 0 aromatic heterocycles. The van der Waals surface area contributed by atoms with Crippen LogP contribution in [0.3, 0.4) is 0 Å². The lowest BCUT2D eigenvalue weighted by Crippen LogP contribution is -2.27. The van der Waals surface area contributed by atoms with E-state index in [4.69, 9.17) is 9.47 Å². The topological polar surface area (TPSA) is 35.5 Å². The Morgan fingerprint density at radius 3 is 2.45 bits per heavy atom. The van der Waals surface area contributed by atoms with E-state index in [2.05, 4.69) is 12.1 Å². The number of fused-ring (bicyclic) bond motifs is 1. The average Bonchev–Trinajstić information content (AvgIpc) is 2.55. The van der Waals surface area contributed by atoms with Crippen LogP contribution in [0.25, 0.3) is 0 Å². The minimum Gasteiger partial charge on any atom is -0.493 e.